The first kappa shape index (κ1) is 46.5. The fraction of sp³-hybridized carbons (Fsp3) is 0.0294. The molecule has 6 N–H and O–H groups in total. The molecule has 0 radical (unpaired) electrons. The molecule has 13 rings (SSSR count). The third kappa shape index (κ3) is 10.6. The van der Waals surface area contributed by atoms with Gasteiger partial charge in [0, 0.05) is 49.4 Å². The molecule has 0 bridgehead atoms. The van der Waals surface area contributed by atoms with Crippen molar-refractivity contribution in [2.24, 2.45) is 0 Å². The summed E-state index contributed by atoms with van der Waals surface area (Å²) in [6.45, 7) is 0. The van der Waals surface area contributed by atoms with Crippen LogP contribution < -0.4 is 22.1 Å². The average molecular weight is 1010 g/mol. The Kier molecular flexibility index (Phi) is 13.5. The molecular formula is C68H53BrN4. The van der Waals surface area contributed by atoms with Crippen molar-refractivity contribution in [2.45, 2.75) is 12.8 Å². The zero-order valence-corrected chi connectivity index (χ0v) is 41.9. The number of nitrogen functional groups attached to an aromatic ring is 2. The highest BCUT2D eigenvalue weighted by atomic mass is 79.9. The standard InChI is InChI=1S/C41H30N2.C14H9Br.C13H14N2/c1-3-11-34-30(9-1)26-40(38-15-7-5-13-36(34)38)42-32-21-17-28(18-22-32)25-29-19-23-33(24-20-29)43-41-27-31-10-2-4-12-35(31)37-14-6-8-16-39(37)41;15-14-9-10-5-1-2-6-11(10)12-7-3-4-8-13(12)14;14-12-5-1-10(2-6-12)9-11-3-7-13(15)8-4-11/h1-24,26-27,42-43H,25H2;1-9H;1-8H,9,14-15H2. The number of fused-ring (bicyclic) bond motifs is 9. The highest BCUT2D eigenvalue weighted by molar-refractivity contribution is 9.10. The molecule has 0 heterocycles. The van der Waals surface area contributed by atoms with Crippen molar-refractivity contribution in [3.63, 3.8) is 0 Å². The van der Waals surface area contributed by atoms with E-state index in [9.17, 15) is 0 Å². The molecule has 73 heavy (non-hydrogen) atoms. The van der Waals surface area contributed by atoms with Crippen LogP contribution in [0.15, 0.2) is 265 Å². The maximum atomic E-state index is 5.62. The normalized spacial score (nSPS) is 11.0. The number of nitrogens with two attached hydrogens (primary N) is 2. The molecule has 0 aliphatic rings. The second kappa shape index (κ2) is 21.2. The van der Waals surface area contributed by atoms with Crippen LogP contribution in [0.2, 0.25) is 0 Å². The summed E-state index contributed by atoms with van der Waals surface area (Å²) in [5.74, 6) is 0. The van der Waals surface area contributed by atoms with E-state index in [0.29, 0.717) is 0 Å². The van der Waals surface area contributed by atoms with E-state index in [0.717, 1.165) is 51.4 Å². The molecule has 13 aromatic rings. The summed E-state index contributed by atoms with van der Waals surface area (Å²) in [6.07, 6.45) is 1.80. The summed E-state index contributed by atoms with van der Waals surface area (Å²) >= 11 is 3.62. The summed E-state index contributed by atoms with van der Waals surface area (Å²) in [5.41, 5.74) is 22.4. The Morgan fingerprint density at radius 2 is 0.548 bits per heavy atom. The minimum Gasteiger partial charge on any atom is -0.399 e. The third-order valence-electron chi connectivity index (χ3n) is 13.5. The number of nitrogens with one attached hydrogen (secondary N) is 2. The largest absolute Gasteiger partial charge is 0.399 e. The van der Waals surface area contributed by atoms with E-state index in [1.165, 1.54) is 86.9 Å². The van der Waals surface area contributed by atoms with Gasteiger partial charge in [0.15, 0.2) is 0 Å². The fourth-order valence-electron chi connectivity index (χ4n) is 9.79. The van der Waals surface area contributed by atoms with Crippen molar-refractivity contribution in [1.82, 2.24) is 0 Å². The van der Waals surface area contributed by atoms with Gasteiger partial charge in [0.1, 0.15) is 0 Å². The van der Waals surface area contributed by atoms with Gasteiger partial charge in [-0.15, -0.1) is 0 Å². The Balaban J connectivity index is 0.000000155. The smallest absolute Gasteiger partial charge is 0.0470 e. The highest BCUT2D eigenvalue weighted by Gasteiger charge is 2.10. The monoisotopic (exact) mass is 1000 g/mol. The van der Waals surface area contributed by atoms with E-state index < -0.39 is 0 Å². The summed E-state index contributed by atoms with van der Waals surface area (Å²) in [7, 11) is 0. The molecule has 0 atom stereocenters. The molecule has 5 heteroatoms. The predicted octanol–water partition coefficient (Wildman–Crippen LogP) is 18.6. The Hall–Kier alpha value is -8.90. The van der Waals surface area contributed by atoms with Gasteiger partial charge in [0.2, 0.25) is 0 Å². The topological polar surface area (TPSA) is 76.1 Å². The molecular weight excluding hydrogens is 953 g/mol. The van der Waals surface area contributed by atoms with Gasteiger partial charge in [-0.05, 0) is 156 Å². The van der Waals surface area contributed by atoms with Gasteiger partial charge in [-0.25, -0.2) is 0 Å². The minimum atomic E-state index is 0.802. The van der Waals surface area contributed by atoms with Crippen molar-refractivity contribution < 1.29 is 0 Å². The summed E-state index contributed by atoms with van der Waals surface area (Å²) in [4.78, 5) is 0. The van der Waals surface area contributed by atoms with Crippen LogP contribution in [-0.2, 0) is 12.8 Å². The van der Waals surface area contributed by atoms with E-state index in [4.69, 9.17) is 11.5 Å². The van der Waals surface area contributed by atoms with Crippen LogP contribution >= 0.6 is 15.9 Å². The van der Waals surface area contributed by atoms with E-state index in [-0.39, 0.29) is 0 Å². The first-order chi connectivity index (χ1) is 35.9. The predicted molar refractivity (Wildman–Crippen MR) is 319 cm³/mol. The van der Waals surface area contributed by atoms with Crippen molar-refractivity contribution in [3.8, 4) is 0 Å². The van der Waals surface area contributed by atoms with Gasteiger partial charge < -0.3 is 22.1 Å². The van der Waals surface area contributed by atoms with Gasteiger partial charge in [-0.3, -0.25) is 0 Å². The van der Waals surface area contributed by atoms with Crippen LogP contribution in [-0.4, -0.2) is 0 Å². The molecule has 0 spiro atoms. The maximum absolute atomic E-state index is 5.62. The summed E-state index contributed by atoms with van der Waals surface area (Å²) in [5, 5.41) is 22.6. The molecule has 0 aliphatic heterocycles. The van der Waals surface area contributed by atoms with Crippen molar-refractivity contribution >= 4 is 115 Å². The molecule has 4 nitrogen and oxygen atoms in total. The van der Waals surface area contributed by atoms with Crippen LogP contribution in [0, 0.1) is 0 Å². The van der Waals surface area contributed by atoms with Crippen molar-refractivity contribution in [2.75, 3.05) is 22.1 Å². The van der Waals surface area contributed by atoms with Gasteiger partial charge in [-0.2, -0.15) is 0 Å². The number of halogens is 1. The molecule has 0 amide bonds. The number of benzene rings is 13. The summed E-state index contributed by atoms with van der Waals surface area (Å²) < 4.78 is 1.16. The van der Waals surface area contributed by atoms with E-state index in [2.05, 4.69) is 239 Å². The molecule has 0 aliphatic carbocycles. The van der Waals surface area contributed by atoms with Gasteiger partial charge >= 0.3 is 0 Å². The third-order valence-corrected chi connectivity index (χ3v) is 14.2. The van der Waals surface area contributed by atoms with Crippen LogP contribution in [0.3, 0.4) is 0 Å². The molecule has 13 aromatic carbocycles. The number of anilines is 6. The number of hydrogen-bond acceptors (Lipinski definition) is 4. The van der Waals surface area contributed by atoms with Gasteiger partial charge in [-0.1, -0.05) is 210 Å². The Morgan fingerprint density at radius 1 is 0.274 bits per heavy atom. The minimum absolute atomic E-state index is 0.802. The van der Waals surface area contributed by atoms with Crippen molar-refractivity contribution in [3.05, 3.63) is 288 Å². The van der Waals surface area contributed by atoms with Crippen molar-refractivity contribution in [1.29, 1.82) is 0 Å². The Labute approximate surface area is 434 Å². The first-order valence-corrected chi connectivity index (χ1v) is 25.5. The average Bonchev–Trinajstić information content (AvgIpc) is 3.44. The second-order valence-corrected chi connectivity index (χ2v) is 19.3. The number of hydrogen-bond donors (Lipinski definition) is 4. The lowest BCUT2D eigenvalue weighted by Crippen LogP contribution is -1.95. The van der Waals surface area contributed by atoms with E-state index >= 15 is 0 Å². The molecule has 0 unspecified atom stereocenters. The Morgan fingerprint density at radius 3 is 0.918 bits per heavy atom. The van der Waals surface area contributed by atoms with E-state index in [1.54, 1.807) is 0 Å². The number of rotatable bonds is 8. The molecule has 352 valence electrons. The lowest BCUT2D eigenvalue weighted by molar-refractivity contribution is 1.19. The molecule has 0 aromatic heterocycles. The second-order valence-electron chi connectivity index (χ2n) is 18.5. The Bertz CT molecular complexity index is 3830. The molecule has 0 saturated heterocycles. The van der Waals surface area contributed by atoms with Crippen LogP contribution in [0.25, 0.3) is 64.6 Å². The fourth-order valence-corrected chi connectivity index (χ4v) is 10.4. The summed E-state index contributed by atoms with van der Waals surface area (Å²) in [6, 6.07) is 91.5. The highest BCUT2D eigenvalue weighted by Crippen LogP contribution is 2.36. The lowest BCUT2D eigenvalue weighted by Gasteiger charge is -2.14. The zero-order chi connectivity index (χ0) is 49.5. The SMILES string of the molecule is Brc1cc2ccccc2c2ccccc12.Nc1ccc(Cc2ccc(N)cc2)cc1.c1ccc2c(c1)cc(Nc1ccc(Cc3ccc(Nc4cc5ccccc5c5ccccc45)cc3)cc1)c1ccccc12. The van der Waals surface area contributed by atoms with Crippen LogP contribution in [0.1, 0.15) is 22.3 Å². The first-order valence-electron chi connectivity index (χ1n) is 24.7. The molecule has 0 saturated carbocycles. The molecule has 0 fully saturated rings. The lowest BCUT2D eigenvalue weighted by atomic mass is 10.00. The van der Waals surface area contributed by atoms with Crippen LogP contribution in [0.4, 0.5) is 34.1 Å². The van der Waals surface area contributed by atoms with Gasteiger partial charge in [0.05, 0.1) is 0 Å². The van der Waals surface area contributed by atoms with Crippen LogP contribution in [0.5, 0.6) is 0 Å². The quantitative estimate of drug-likeness (QED) is 0.0904. The van der Waals surface area contributed by atoms with E-state index in [1.807, 2.05) is 48.5 Å². The van der Waals surface area contributed by atoms with Gasteiger partial charge in [0.25, 0.3) is 0 Å². The zero-order valence-electron chi connectivity index (χ0n) is 40.3. The maximum Gasteiger partial charge on any atom is 0.0470 e.